The Morgan fingerprint density at radius 3 is 2.55 bits per heavy atom. The molecule has 0 aliphatic heterocycles. The summed E-state index contributed by atoms with van der Waals surface area (Å²) in [6.45, 7) is 7.06. The fourth-order valence-corrected chi connectivity index (χ4v) is 3.34. The smallest absolute Gasteiger partial charge is 0.286 e. The lowest BCUT2D eigenvalue weighted by Gasteiger charge is -2.10. The van der Waals surface area contributed by atoms with Gasteiger partial charge in [0.05, 0.1) is 5.69 Å². The standard InChI is InChI=1S/C21H23Cl2N3O3/c1-13-6-4-7-14(2)19(13)28-12-16-8-9-17(29-16)21(27)24-10-5-11-26-20(23)18(22)15(3)25-26/h4,6-9H,5,10-12H2,1-3H3,(H,24,27). The first-order valence-electron chi connectivity index (χ1n) is 9.31. The van der Waals surface area contributed by atoms with Gasteiger partial charge in [-0.2, -0.15) is 5.10 Å². The molecule has 0 saturated carbocycles. The van der Waals surface area contributed by atoms with Crippen LogP contribution in [0.3, 0.4) is 0 Å². The molecule has 0 saturated heterocycles. The number of halogens is 2. The van der Waals surface area contributed by atoms with Gasteiger partial charge in [0.1, 0.15) is 28.3 Å². The molecule has 0 aliphatic rings. The lowest BCUT2D eigenvalue weighted by Crippen LogP contribution is -2.25. The zero-order chi connectivity index (χ0) is 21.0. The van der Waals surface area contributed by atoms with Crippen molar-refractivity contribution in [2.75, 3.05) is 6.54 Å². The molecule has 29 heavy (non-hydrogen) atoms. The largest absolute Gasteiger partial charge is 0.485 e. The average Bonchev–Trinajstić information content (AvgIpc) is 3.26. The molecule has 0 unspecified atom stereocenters. The molecule has 3 rings (SSSR count). The van der Waals surface area contributed by atoms with Crippen LogP contribution in [0.15, 0.2) is 34.7 Å². The number of ether oxygens (including phenoxy) is 1. The van der Waals surface area contributed by atoms with Crippen LogP contribution in [0.2, 0.25) is 10.2 Å². The van der Waals surface area contributed by atoms with E-state index >= 15 is 0 Å². The first-order valence-corrected chi connectivity index (χ1v) is 10.1. The van der Waals surface area contributed by atoms with E-state index in [9.17, 15) is 4.79 Å². The Labute approximate surface area is 179 Å². The van der Waals surface area contributed by atoms with Gasteiger partial charge in [-0.25, -0.2) is 0 Å². The SMILES string of the molecule is Cc1cccc(C)c1OCc1ccc(C(=O)NCCCn2nc(C)c(Cl)c2Cl)o1. The number of rotatable bonds is 8. The number of furan rings is 1. The molecule has 0 radical (unpaired) electrons. The predicted octanol–water partition coefficient (Wildman–Crippen LogP) is 5.11. The van der Waals surface area contributed by atoms with Gasteiger partial charge in [0, 0.05) is 13.1 Å². The third-order valence-electron chi connectivity index (χ3n) is 4.48. The molecule has 0 spiro atoms. The monoisotopic (exact) mass is 435 g/mol. The maximum atomic E-state index is 12.3. The number of aryl methyl sites for hydroxylation is 4. The number of para-hydroxylation sites is 1. The highest BCUT2D eigenvalue weighted by Crippen LogP contribution is 2.25. The summed E-state index contributed by atoms with van der Waals surface area (Å²) in [5.74, 6) is 1.40. The number of carbonyl (C=O) groups excluding carboxylic acids is 1. The number of carbonyl (C=O) groups is 1. The van der Waals surface area contributed by atoms with Crippen molar-refractivity contribution in [1.82, 2.24) is 15.1 Å². The molecule has 1 aromatic carbocycles. The normalized spacial score (nSPS) is 10.9. The van der Waals surface area contributed by atoms with E-state index in [2.05, 4.69) is 10.4 Å². The Hall–Kier alpha value is -2.44. The minimum Gasteiger partial charge on any atom is -0.485 e. The molecule has 2 heterocycles. The van der Waals surface area contributed by atoms with Gasteiger partial charge in [-0.1, -0.05) is 41.4 Å². The molecule has 8 heteroatoms. The van der Waals surface area contributed by atoms with Gasteiger partial charge in [0.25, 0.3) is 5.91 Å². The van der Waals surface area contributed by atoms with Crippen molar-refractivity contribution in [2.45, 2.75) is 40.3 Å². The van der Waals surface area contributed by atoms with Crippen LogP contribution in [-0.4, -0.2) is 22.2 Å². The maximum absolute atomic E-state index is 12.3. The summed E-state index contributed by atoms with van der Waals surface area (Å²) in [5.41, 5.74) is 2.80. The van der Waals surface area contributed by atoms with Crippen LogP contribution in [0.1, 0.15) is 39.6 Å². The van der Waals surface area contributed by atoms with Gasteiger partial charge in [-0.05, 0) is 50.5 Å². The van der Waals surface area contributed by atoms with E-state index in [1.807, 2.05) is 32.0 Å². The van der Waals surface area contributed by atoms with Crippen molar-refractivity contribution in [3.8, 4) is 5.75 Å². The quantitative estimate of drug-likeness (QED) is 0.499. The van der Waals surface area contributed by atoms with Crippen molar-refractivity contribution in [2.24, 2.45) is 0 Å². The molecule has 2 aromatic heterocycles. The zero-order valence-electron chi connectivity index (χ0n) is 16.6. The fourth-order valence-electron chi connectivity index (χ4n) is 2.95. The summed E-state index contributed by atoms with van der Waals surface area (Å²) in [6, 6.07) is 9.37. The molecule has 0 bridgehead atoms. The van der Waals surface area contributed by atoms with Crippen molar-refractivity contribution in [1.29, 1.82) is 0 Å². The number of hydrogen-bond donors (Lipinski definition) is 1. The van der Waals surface area contributed by atoms with Crippen LogP contribution in [-0.2, 0) is 13.2 Å². The first kappa shape index (κ1) is 21.3. The van der Waals surface area contributed by atoms with Gasteiger partial charge < -0.3 is 14.5 Å². The van der Waals surface area contributed by atoms with Crippen LogP contribution in [0.25, 0.3) is 0 Å². The molecule has 3 aromatic rings. The van der Waals surface area contributed by atoms with Crippen LogP contribution in [0.4, 0.5) is 0 Å². The van der Waals surface area contributed by atoms with Crippen molar-refractivity contribution >= 4 is 29.1 Å². The molecular weight excluding hydrogens is 413 g/mol. The van der Waals surface area contributed by atoms with Crippen LogP contribution in [0, 0.1) is 20.8 Å². The average molecular weight is 436 g/mol. The van der Waals surface area contributed by atoms with Crippen LogP contribution < -0.4 is 10.1 Å². The summed E-state index contributed by atoms with van der Waals surface area (Å²) in [7, 11) is 0. The summed E-state index contributed by atoms with van der Waals surface area (Å²) in [5, 5.41) is 7.95. The summed E-state index contributed by atoms with van der Waals surface area (Å²) in [4.78, 5) is 12.3. The number of hydrogen-bond acceptors (Lipinski definition) is 4. The van der Waals surface area contributed by atoms with Gasteiger partial charge in [0.2, 0.25) is 0 Å². The number of nitrogens with one attached hydrogen (secondary N) is 1. The summed E-state index contributed by atoms with van der Waals surface area (Å²) in [6.07, 6.45) is 0.659. The highest BCUT2D eigenvalue weighted by Gasteiger charge is 2.13. The van der Waals surface area contributed by atoms with Crippen molar-refractivity contribution < 1.29 is 13.9 Å². The maximum Gasteiger partial charge on any atom is 0.286 e. The minimum atomic E-state index is -0.274. The van der Waals surface area contributed by atoms with E-state index in [0.717, 1.165) is 16.9 Å². The van der Waals surface area contributed by atoms with Crippen LogP contribution >= 0.6 is 23.2 Å². The molecule has 0 fully saturated rings. The Balaban J connectivity index is 1.47. The number of benzene rings is 1. The van der Waals surface area contributed by atoms with Crippen LogP contribution in [0.5, 0.6) is 5.75 Å². The molecule has 6 nitrogen and oxygen atoms in total. The number of amides is 1. The Kier molecular flexibility index (Phi) is 6.87. The lowest BCUT2D eigenvalue weighted by molar-refractivity contribution is 0.0920. The van der Waals surface area contributed by atoms with E-state index in [-0.39, 0.29) is 18.3 Å². The second-order valence-electron chi connectivity index (χ2n) is 6.80. The highest BCUT2D eigenvalue weighted by atomic mass is 35.5. The number of aromatic nitrogens is 2. The van der Waals surface area contributed by atoms with E-state index in [4.69, 9.17) is 32.4 Å². The third-order valence-corrected chi connectivity index (χ3v) is 5.41. The topological polar surface area (TPSA) is 69.3 Å². The molecule has 0 aliphatic carbocycles. The van der Waals surface area contributed by atoms with E-state index in [1.54, 1.807) is 23.7 Å². The second-order valence-corrected chi connectivity index (χ2v) is 7.53. The lowest BCUT2D eigenvalue weighted by atomic mass is 10.1. The molecule has 0 atom stereocenters. The Bertz CT molecular complexity index is 991. The summed E-state index contributed by atoms with van der Waals surface area (Å²) >= 11 is 12.1. The Morgan fingerprint density at radius 1 is 1.17 bits per heavy atom. The van der Waals surface area contributed by atoms with E-state index < -0.39 is 0 Å². The molecular formula is C21H23Cl2N3O3. The Morgan fingerprint density at radius 2 is 1.90 bits per heavy atom. The predicted molar refractivity (Wildman–Crippen MR) is 113 cm³/mol. The van der Waals surface area contributed by atoms with Gasteiger partial charge in [0.15, 0.2) is 5.76 Å². The van der Waals surface area contributed by atoms with Gasteiger partial charge in [-0.3, -0.25) is 9.48 Å². The first-order chi connectivity index (χ1) is 13.9. The minimum absolute atomic E-state index is 0.251. The molecule has 154 valence electrons. The summed E-state index contributed by atoms with van der Waals surface area (Å²) < 4.78 is 13.1. The second kappa shape index (κ2) is 9.37. The number of nitrogens with zero attached hydrogens (tertiary/aromatic N) is 2. The third kappa shape index (κ3) is 5.14. The van der Waals surface area contributed by atoms with Gasteiger partial charge in [-0.15, -0.1) is 0 Å². The van der Waals surface area contributed by atoms with E-state index in [0.29, 0.717) is 41.1 Å². The zero-order valence-corrected chi connectivity index (χ0v) is 18.1. The van der Waals surface area contributed by atoms with E-state index in [1.165, 1.54) is 0 Å². The van der Waals surface area contributed by atoms with Crippen molar-refractivity contribution in [3.05, 3.63) is 68.8 Å². The molecule has 1 N–H and O–H groups in total. The van der Waals surface area contributed by atoms with Crippen molar-refractivity contribution in [3.63, 3.8) is 0 Å². The van der Waals surface area contributed by atoms with Gasteiger partial charge >= 0.3 is 0 Å². The molecule has 1 amide bonds. The fraction of sp³-hybridized carbons (Fsp3) is 0.333. The highest BCUT2D eigenvalue weighted by molar-refractivity contribution is 6.41.